The van der Waals surface area contributed by atoms with Gasteiger partial charge in [-0.3, -0.25) is 9.89 Å². The number of rotatable bonds is 7. The molecule has 2 heterocycles. The molecule has 1 aromatic carbocycles. The molecule has 9 heteroatoms. The van der Waals surface area contributed by atoms with Crippen LogP contribution in [0.2, 0.25) is 0 Å². The molecular formula is C21H30F2N6O. The second kappa shape index (κ2) is 10.5. The molecule has 30 heavy (non-hydrogen) atoms. The number of likely N-dealkylation sites (N-methyl/N-ethyl adjacent to an activating group) is 1. The normalized spacial score (nSPS) is 16.9. The van der Waals surface area contributed by atoms with Gasteiger partial charge < -0.3 is 19.6 Å². The molecule has 2 aromatic rings. The van der Waals surface area contributed by atoms with Gasteiger partial charge >= 0.3 is 0 Å². The number of hydrogen-bond donors (Lipinski definition) is 1. The third-order valence-corrected chi connectivity index (χ3v) is 5.25. The van der Waals surface area contributed by atoms with Gasteiger partial charge in [-0.05, 0) is 33.2 Å². The molecule has 0 bridgehead atoms. The molecule has 1 N–H and O–H groups in total. The van der Waals surface area contributed by atoms with Crippen LogP contribution in [-0.4, -0.2) is 79.2 Å². The number of guanidine groups is 1. The molecular weight excluding hydrogens is 390 g/mol. The zero-order chi connectivity index (χ0) is 21.5. The van der Waals surface area contributed by atoms with Crippen LogP contribution in [0.5, 0.6) is 0 Å². The molecule has 3 rings (SSSR count). The molecule has 7 nitrogen and oxygen atoms in total. The van der Waals surface area contributed by atoms with Crippen molar-refractivity contribution >= 4 is 5.96 Å². The zero-order valence-electron chi connectivity index (χ0n) is 17.8. The predicted molar refractivity (Wildman–Crippen MR) is 112 cm³/mol. The van der Waals surface area contributed by atoms with E-state index in [9.17, 15) is 8.78 Å². The van der Waals surface area contributed by atoms with Gasteiger partial charge in [0.2, 0.25) is 0 Å². The number of aromatic nitrogens is 1. The van der Waals surface area contributed by atoms with Gasteiger partial charge in [-0.25, -0.2) is 8.78 Å². The Bertz CT molecular complexity index is 799. The lowest BCUT2D eigenvalue weighted by Gasteiger charge is -2.36. The summed E-state index contributed by atoms with van der Waals surface area (Å²) in [6.07, 6.45) is 1.58. The molecule has 0 radical (unpaired) electrons. The summed E-state index contributed by atoms with van der Waals surface area (Å²) in [7, 11) is 3.61. The van der Waals surface area contributed by atoms with Crippen molar-refractivity contribution in [2.24, 2.45) is 4.99 Å². The molecule has 1 aliphatic heterocycles. The van der Waals surface area contributed by atoms with Crippen molar-refractivity contribution in [1.29, 1.82) is 0 Å². The second-order valence-corrected chi connectivity index (χ2v) is 7.56. The summed E-state index contributed by atoms with van der Waals surface area (Å²) in [6.45, 7) is 7.11. The Morgan fingerprint density at radius 1 is 1.20 bits per heavy atom. The molecule has 0 aliphatic carbocycles. The van der Waals surface area contributed by atoms with E-state index in [2.05, 4.69) is 20.3 Å². The lowest BCUT2D eigenvalue weighted by molar-refractivity contribution is 0.168. The fourth-order valence-electron chi connectivity index (χ4n) is 3.61. The van der Waals surface area contributed by atoms with Crippen molar-refractivity contribution in [3.63, 3.8) is 0 Å². The second-order valence-electron chi connectivity index (χ2n) is 7.56. The lowest BCUT2D eigenvalue weighted by atomic mass is 10.0. The van der Waals surface area contributed by atoms with Crippen LogP contribution in [0.25, 0.3) is 0 Å². The molecule has 1 aliphatic rings. The first kappa shape index (κ1) is 22.2. The Morgan fingerprint density at radius 3 is 2.47 bits per heavy atom. The quantitative estimate of drug-likeness (QED) is 0.548. The number of nitrogens with zero attached hydrogens (tertiary/aromatic N) is 5. The van der Waals surface area contributed by atoms with E-state index in [1.165, 1.54) is 18.2 Å². The van der Waals surface area contributed by atoms with Gasteiger partial charge in [0.15, 0.2) is 5.96 Å². The number of piperazine rings is 1. The fourth-order valence-corrected chi connectivity index (χ4v) is 3.61. The first-order valence-corrected chi connectivity index (χ1v) is 10.2. The van der Waals surface area contributed by atoms with Gasteiger partial charge in [0, 0.05) is 50.9 Å². The molecule has 1 unspecified atom stereocenters. The van der Waals surface area contributed by atoms with Gasteiger partial charge in [0.25, 0.3) is 0 Å². The molecule has 1 atom stereocenters. The number of nitrogens with one attached hydrogen (secondary N) is 1. The third-order valence-electron chi connectivity index (χ3n) is 5.25. The highest BCUT2D eigenvalue weighted by Crippen LogP contribution is 2.25. The predicted octanol–water partition coefficient (Wildman–Crippen LogP) is 2.34. The minimum atomic E-state index is -0.546. The van der Waals surface area contributed by atoms with Gasteiger partial charge in [-0.1, -0.05) is 11.2 Å². The minimum Gasteiger partial charge on any atom is -0.364 e. The van der Waals surface area contributed by atoms with Crippen LogP contribution < -0.4 is 5.32 Å². The largest absolute Gasteiger partial charge is 0.364 e. The van der Waals surface area contributed by atoms with Crippen LogP contribution in [0.4, 0.5) is 8.78 Å². The Morgan fingerprint density at radius 2 is 1.90 bits per heavy atom. The number of aliphatic imine (C=N–C) groups is 1. The van der Waals surface area contributed by atoms with E-state index < -0.39 is 17.7 Å². The molecule has 1 aromatic heterocycles. The summed E-state index contributed by atoms with van der Waals surface area (Å²) >= 11 is 0. The summed E-state index contributed by atoms with van der Waals surface area (Å²) in [5, 5.41) is 7.28. The smallest absolute Gasteiger partial charge is 0.194 e. The van der Waals surface area contributed by atoms with Crippen LogP contribution in [-0.2, 0) is 6.54 Å². The Labute approximate surface area is 176 Å². The van der Waals surface area contributed by atoms with Gasteiger partial charge in [-0.2, -0.15) is 0 Å². The molecule has 0 saturated carbocycles. The van der Waals surface area contributed by atoms with Crippen LogP contribution in [0.1, 0.15) is 24.2 Å². The summed E-state index contributed by atoms with van der Waals surface area (Å²) in [6, 6.07) is 5.34. The van der Waals surface area contributed by atoms with E-state index >= 15 is 0 Å². The third kappa shape index (κ3) is 5.54. The maximum absolute atomic E-state index is 14.3. The summed E-state index contributed by atoms with van der Waals surface area (Å²) in [5.41, 5.74) is 0.976. The maximum Gasteiger partial charge on any atom is 0.194 e. The van der Waals surface area contributed by atoms with Crippen molar-refractivity contribution in [2.75, 3.05) is 53.4 Å². The molecule has 0 spiro atoms. The highest BCUT2D eigenvalue weighted by atomic mass is 19.1. The average molecular weight is 421 g/mol. The number of hydrogen-bond acceptors (Lipinski definition) is 5. The monoisotopic (exact) mass is 420 g/mol. The Hall–Kier alpha value is -2.52. The van der Waals surface area contributed by atoms with Crippen molar-refractivity contribution in [3.8, 4) is 0 Å². The van der Waals surface area contributed by atoms with Gasteiger partial charge in [0.05, 0.1) is 18.3 Å². The summed E-state index contributed by atoms with van der Waals surface area (Å²) in [5.74, 6) is -0.326. The van der Waals surface area contributed by atoms with Gasteiger partial charge in [0.1, 0.15) is 17.9 Å². The van der Waals surface area contributed by atoms with Crippen LogP contribution >= 0.6 is 0 Å². The standard InChI is InChI=1S/C21H30F2N6O/c1-4-24-21(29-11-9-28(10-12-29)15-16-8-13-30-26-16)25-14-19(27(2)3)20-17(22)6-5-7-18(20)23/h5-8,13,19H,4,9-12,14-15H2,1-3H3,(H,24,25). The average Bonchev–Trinajstić information content (AvgIpc) is 3.22. The van der Waals surface area contributed by atoms with Crippen molar-refractivity contribution in [1.82, 2.24) is 25.2 Å². The van der Waals surface area contributed by atoms with E-state index in [1.54, 1.807) is 11.2 Å². The van der Waals surface area contributed by atoms with Crippen LogP contribution in [0.15, 0.2) is 40.0 Å². The first-order chi connectivity index (χ1) is 14.5. The highest BCUT2D eigenvalue weighted by molar-refractivity contribution is 5.80. The van der Waals surface area contributed by atoms with Crippen molar-refractivity contribution in [2.45, 2.75) is 19.5 Å². The topological polar surface area (TPSA) is 60.1 Å². The SMILES string of the molecule is CCNC(=NCC(c1c(F)cccc1F)N(C)C)N1CCN(Cc2ccon2)CC1. The molecule has 1 saturated heterocycles. The van der Waals surface area contributed by atoms with E-state index in [-0.39, 0.29) is 12.1 Å². The first-order valence-electron chi connectivity index (χ1n) is 10.2. The molecule has 164 valence electrons. The Balaban J connectivity index is 1.67. The summed E-state index contributed by atoms with van der Waals surface area (Å²) < 4.78 is 33.6. The Kier molecular flexibility index (Phi) is 7.75. The van der Waals surface area contributed by atoms with E-state index in [0.717, 1.165) is 50.9 Å². The summed E-state index contributed by atoms with van der Waals surface area (Å²) in [4.78, 5) is 11.0. The number of benzene rings is 1. The molecule has 0 amide bonds. The van der Waals surface area contributed by atoms with Crippen molar-refractivity contribution in [3.05, 3.63) is 53.4 Å². The van der Waals surface area contributed by atoms with Crippen molar-refractivity contribution < 1.29 is 13.3 Å². The van der Waals surface area contributed by atoms with E-state index in [1.807, 2.05) is 27.1 Å². The van der Waals surface area contributed by atoms with Crippen LogP contribution in [0.3, 0.4) is 0 Å². The van der Waals surface area contributed by atoms with E-state index in [4.69, 9.17) is 9.52 Å². The maximum atomic E-state index is 14.3. The number of halogens is 2. The highest BCUT2D eigenvalue weighted by Gasteiger charge is 2.24. The van der Waals surface area contributed by atoms with E-state index in [0.29, 0.717) is 0 Å². The van der Waals surface area contributed by atoms with Gasteiger partial charge in [-0.15, -0.1) is 0 Å². The molecule has 1 fully saturated rings. The zero-order valence-corrected chi connectivity index (χ0v) is 17.8. The lowest BCUT2D eigenvalue weighted by Crippen LogP contribution is -2.52. The minimum absolute atomic E-state index is 0.0551. The fraction of sp³-hybridized carbons (Fsp3) is 0.524. The van der Waals surface area contributed by atoms with Crippen LogP contribution in [0, 0.1) is 11.6 Å².